The fraction of sp³-hybridized carbons (Fsp3) is 0.917. The van der Waals surface area contributed by atoms with Crippen molar-refractivity contribution in [3.05, 3.63) is 0 Å². The maximum absolute atomic E-state index is 11.6. The summed E-state index contributed by atoms with van der Waals surface area (Å²) in [5.41, 5.74) is 6.09. The van der Waals surface area contributed by atoms with Gasteiger partial charge < -0.3 is 11.1 Å². The third-order valence-corrected chi connectivity index (χ3v) is 2.98. The van der Waals surface area contributed by atoms with Gasteiger partial charge in [-0.25, -0.2) is 0 Å². The predicted molar refractivity (Wildman–Crippen MR) is 69.6 cm³/mol. The highest BCUT2D eigenvalue weighted by molar-refractivity contribution is 5.85. The molecule has 2 atom stereocenters. The lowest BCUT2D eigenvalue weighted by Gasteiger charge is -2.20. The van der Waals surface area contributed by atoms with E-state index in [0.717, 1.165) is 19.4 Å². The van der Waals surface area contributed by atoms with Crippen LogP contribution in [-0.2, 0) is 4.79 Å². The van der Waals surface area contributed by atoms with Crippen LogP contribution >= 0.6 is 12.4 Å². The summed E-state index contributed by atoms with van der Waals surface area (Å²) < 4.78 is 0. The quantitative estimate of drug-likeness (QED) is 0.804. The Morgan fingerprint density at radius 2 is 2.00 bits per heavy atom. The molecule has 96 valence electrons. The van der Waals surface area contributed by atoms with E-state index >= 15 is 0 Å². The molecule has 0 aromatic heterocycles. The highest BCUT2D eigenvalue weighted by Gasteiger charge is 2.26. The number of halogens is 1. The van der Waals surface area contributed by atoms with Crippen molar-refractivity contribution in [3.63, 3.8) is 0 Å². The van der Waals surface area contributed by atoms with Gasteiger partial charge >= 0.3 is 0 Å². The fourth-order valence-corrected chi connectivity index (χ4v) is 1.99. The second kappa shape index (κ2) is 6.45. The van der Waals surface area contributed by atoms with E-state index in [9.17, 15) is 4.79 Å². The molecule has 1 amide bonds. The van der Waals surface area contributed by atoms with Crippen LogP contribution in [0.5, 0.6) is 0 Å². The van der Waals surface area contributed by atoms with Crippen molar-refractivity contribution in [1.29, 1.82) is 0 Å². The second-order valence-corrected chi connectivity index (χ2v) is 5.90. The number of nitrogens with one attached hydrogen (secondary N) is 1. The van der Waals surface area contributed by atoms with Gasteiger partial charge in [-0.3, -0.25) is 4.79 Å². The molecule has 0 spiro atoms. The Morgan fingerprint density at radius 1 is 1.38 bits per heavy atom. The summed E-state index contributed by atoms with van der Waals surface area (Å²) in [7, 11) is 0. The van der Waals surface area contributed by atoms with Gasteiger partial charge in [0.25, 0.3) is 0 Å². The van der Waals surface area contributed by atoms with Gasteiger partial charge in [-0.1, -0.05) is 27.2 Å². The highest BCUT2D eigenvalue weighted by atomic mass is 35.5. The first kappa shape index (κ1) is 15.7. The summed E-state index contributed by atoms with van der Waals surface area (Å²) in [6, 6.07) is 0.241. The first-order valence-corrected chi connectivity index (χ1v) is 5.91. The molecule has 3 N–H and O–H groups in total. The van der Waals surface area contributed by atoms with Gasteiger partial charge in [-0.2, -0.15) is 0 Å². The van der Waals surface area contributed by atoms with Crippen LogP contribution in [-0.4, -0.2) is 18.5 Å². The lowest BCUT2D eigenvalue weighted by atomic mass is 9.96. The minimum absolute atomic E-state index is 0. The third kappa shape index (κ3) is 5.71. The van der Waals surface area contributed by atoms with Crippen LogP contribution in [0.2, 0.25) is 0 Å². The van der Waals surface area contributed by atoms with Crippen LogP contribution in [0.3, 0.4) is 0 Å². The van der Waals surface area contributed by atoms with Crippen LogP contribution in [0, 0.1) is 11.3 Å². The summed E-state index contributed by atoms with van der Waals surface area (Å²) in [4.78, 5) is 11.6. The maximum atomic E-state index is 11.6. The molecule has 1 rings (SSSR count). The van der Waals surface area contributed by atoms with E-state index in [1.807, 2.05) is 0 Å². The first-order valence-electron chi connectivity index (χ1n) is 5.91. The van der Waals surface area contributed by atoms with E-state index in [0.29, 0.717) is 12.3 Å². The second-order valence-electron chi connectivity index (χ2n) is 5.90. The van der Waals surface area contributed by atoms with Gasteiger partial charge in [0.15, 0.2) is 0 Å². The van der Waals surface area contributed by atoms with E-state index < -0.39 is 0 Å². The average Bonchev–Trinajstić information content (AvgIpc) is 2.47. The van der Waals surface area contributed by atoms with Crippen LogP contribution in [0.4, 0.5) is 0 Å². The van der Waals surface area contributed by atoms with Crippen LogP contribution < -0.4 is 11.1 Å². The largest absolute Gasteiger partial charge is 0.356 e. The van der Waals surface area contributed by atoms with Gasteiger partial charge in [-0.15, -0.1) is 12.4 Å². The molecular weight excluding hydrogens is 224 g/mol. The maximum Gasteiger partial charge on any atom is 0.220 e. The molecular formula is C12H25ClN2O. The Bertz CT molecular complexity index is 226. The molecule has 0 aromatic carbocycles. The number of hydrogen-bond donors (Lipinski definition) is 2. The Balaban J connectivity index is 0.00000225. The predicted octanol–water partition coefficient (Wildman–Crippen LogP) is 2.09. The summed E-state index contributed by atoms with van der Waals surface area (Å²) in [5.74, 6) is 0.567. The zero-order valence-corrected chi connectivity index (χ0v) is 11.4. The van der Waals surface area contributed by atoms with Gasteiger partial charge in [0, 0.05) is 19.0 Å². The van der Waals surface area contributed by atoms with Crippen molar-refractivity contribution < 1.29 is 4.79 Å². The summed E-state index contributed by atoms with van der Waals surface area (Å²) in [6.45, 7) is 7.10. The van der Waals surface area contributed by atoms with Crippen LogP contribution in [0.1, 0.15) is 46.5 Å². The molecule has 0 radical (unpaired) electrons. The molecule has 0 saturated heterocycles. The smallest absolute Gasteiger partial charge is 0.220 e. The topological polar surface area (TPSA) is 55.1 Å². The SMILES string of the molecule is CC(C)(C)CNC(=O)C[C@@H]1CCC[C@H]1N.Cl. The minimum Gasteiger partial charge on any atom is -0.356 e. The monoisotopic (exact) mass is 248 g/mol. The van der Waals surface area contributed by atoms with Gasteiger partial charge in [0.05, 0.1) is 0 Å². The van der Waals surface area contributed by atoms with E-state index in [4.69, 9.17) is 5.73 Å². The van der Waals surface area contributed by atoms with E-state index in [-0.39, 0.29) is 29.8 Å². The molecule has 0 heterocycles. The number of amides is 1. The molecule has 4 heteroatoms. The third-order valence-electron chi connectivity index (χ3n) is 2.98. The molecule has 0 unspecified atom stereocenters. The summed E-state index contributed by atoms with van der Waals surface area (Å²) in [5, 5.41) is 2.98. The van der Waals surface area contributed by atoms with Gasteiger partial charge in [0.1, 0.15) is 0 Å². The fourth-order valence-electron chi connectivity index (χ4n) is 1.99. The van der Waals surface area contributed by atoms with Crippen molar-refractivity contribution >= 4 is 18.3 Å². The molecule has 0 bridgehead atoms. The molecule has 0 aromatic rings. The molecule has 1 aliphatic carbocycles. The average molecular weight is 249 g/mol. The van der Waals surface area contributed by atoms with Crippen molar-refractivity contribution in [3.8, 4) is 0 Å². The zero-order chi connectivity index (χ0) is 11.5. The van der Waals surface area contributed by atoms with Crippen molar-refractivity contribution in [2.45, 2.75) is 52.5 Å². The Morgan fingerprint density at radius 3 is 2.44 bits per heavy atom. The molecule has 1 fully saturated rings. The highest BCUT2D eigenvalue weighted by Crippen LogP contribution is 2.26. The van der Waals surface area contributed by atoms with E-state index in [1.165, 1.54) is 6.42 Å². The molecule has 16 heavy (non-hydrogen) atoms. The first-order chi connectivity index (χ1) is 6.88. The number of rotatable bonds is 3. The number of carbonyl (C=O) groups is 1. The lowest BCUT2D eigenvalue weighted by Crippen LogP contribution is -2.35. The van der Waals surface area contributed by atoms with Crippen LogP contribution in [0.15, 0.2) is 0 Å². The zero-order valence-electron chi connectivity index (χ0n) is 10.6. The van der Waals surface area contributed by atoms with Crippen LogP contribution in [0.25, 0.3) is 0 Å². The Labute approximate surface area is 105 Å². The molecule has 1 aliphatic rings. The molecule has 3 nitrogen and oxygen atoms in total. The van der Waals surface area contributed by atoms with E-state index in [1.54, 1.807) is 0 Å². The minimum atomic E-state index is 0. The Kier molecular flexibility index (Phi) is 6.34. The van der Waals surface area contributed by atoms with Crippen molar-refractivity contribution in [2.24, 2.45) is 17.1 Å². The van der Waals surface area contributed by atoms with Crippen molar-refractivity contribution in [1.82, 2.24) is 5.32 Å². The standard InChI is InChI=1S/C12H24N2O.ClH/c1-12(2,3)8-14-11(15)7-9-5-4-6-10(9)13;/h9-10H,4-8,13H2,1-3H3,(H,14,15);1H/t9-,10+;/m0./s1. The van der Waals surface area contributed by atoms with Gasteiger partial charge in [-0.05, 0) is 24.2 Å². The summed E-state index contributed by atoms with van der Waals surface area (Å²) in [6.07, 6.45) is 3.98. The Hall–Kier alpha value is -0.280. The number of carbonyl (C=O) groups excluding carboxylic acids is 1. The number of nitrogens with two attached hydrogens (primary N) is 1. The van der Waals surface area contributed by atoms with Crippen molar-refractivity contribution in [2.75, 3.05) is 6.54 Å². The number of hydrogen-bond acceptors (Lipinski definition) is 2. The van der Waals surface area contributed by atoms with Gasteiger partial charge in [0.2, 0.25) is 5.91 Å². The molecule has 1 saturated carbocycles. The lowest BCUT2D eigenvalue weighted by molar-refractivity contribution is -0.122. The normalized spacial score (nSPS) is 25.0. The summed E-state index contributed by atoms with van der Waals surface area (Å²) >= 11 is 0. The van der Waals surface area contributed by atoms with E-state index in [2.05, 4.69) is 26.1 Å². The molecule has 0 aliphatic heterocycles.